The lowest BCUT2D eigenvalue weighted by Gasteiger charge is -2.14. The van der Waals surface area contributed by atoms with Gasteiger partial charge >= 0.3 is 0 Å². The van der Waals surface area contributed by atoms with Gasteiger partial charge in [-0.05, 0) is 74.5 Å². The Kier molecular flexibility index (Phi) is 9.81. The molecule has 0 saturated heterocycles. The Morgan fingerprint density at radius 2 is 1.44 bits per heavy atom. The van der Waals surface area contributed by atoms with Gasteiger partial charge in [-0.15, -0.1) is 0 Å². The van der Waals surface area contributed by atoms with Crippen LogP contribution in [-0.4, -0.2) is 65.4 Å². The van der Waals surface area contributed by atoms with Crippen molar-refractivity contribution in [1.82, 2.24) is 15.4 Å². The number of hydroxylamine groups is 2. The highest BCUT2D eigenvalue weighted by molar-refractivity contribution is 5.94. The normalized spacial score (nSPS) is 10.8. The van der Waals surface area contributed by atoms with Gasteiger partial charge in [0.1, 0.15) is 0 Å². The Bertz CT molecular complexity index is 1130. The zero-order valence-corrected chi connectivity index (χ0v) is 19.1. The summed E-state index contributed by atoms with van der Waals surface area (Å²) in [4.78, 5) is 37.1. The Morgan fingerprint density at radius 1 is 0.912 bits per heavy atom. The summed E-state index contributed by atoms with van der Waals surface area (Å²) in [6, 6.07) is 13.7. The maximum absolute atomic E-state index is 12.2. The molecule has 2 rings (SSSR count). The Hall–Kier alpha value is -4.15. The smallest absolute Gasteiger partial charge is 0.277 e. The Balaban J connectivity index is 1.89. The zero-order chi connectivity index (χ0) is 25.1. The molecule has 0 aliphatic rings. The van der Waals surface area contributed by atoms with Crippen LogP contribution in [0.5, 0.6) is 0 Å². The van der Waals surface area contributed by atoms with E-state index >= 15 is 0 Å². The van der Waals surface area contributed by atoms with Gasteiger partial charge in [0, 0.05) is 28.9 Å². The summed E-state index contributed by atoms with van der Waals surface area (Å²) in [5, 5.41) is 22.3. The molecule has 0 radical (unpaired) electrons. The van der Waals surface area contributed by atoms with Crippen LogP contribution in [0.15, 0.2) is 48.5 Å². The van der Waals surface area contributed by atoms with Crippen LogP contribution < -0.4 is 10.6 Å². The SMILES string of the molecule is CC(CNC(=O)c1ccc(C#CC#Cc2ccc(NC(=O)CN(C)C)cc2)cc1)C(=O)N(O)O. The molecule has 0 aromatic heterocycles. The minimum Gasteiger partial charge on any atom is -0.351 e. The molecule has 0 bridgehead atoms. The van der Waals surface area contributed by atoms with E-state index in [-0.39, 0.29) is 12.5 Å². The van der Waals surface area contributed by atoms with Crippen molar-refractivity contribution in [3.63, 3.8) is 0 Å². The van der Waals surface area contributed by atoms with Gasteiger partial charge in [-0.25, -0.2) is 0 Å². The third-order valence-corrected chi connectivity index (χ3v) is 4.44. The Labute approximate surface area is 198 Å². The van der Waals surface area contributed by atoms with Crippen LogP contribution in [-0.2, 0) is 9.59 Å². The van der Waals surface area contributed by atoms with Gasteiger partial charge in [0.15, 0.2) is 0 Å². The molecule has 9 heteroatoms. The van der Waals surface area contributed by atoms with Crippen molar-refractivity contribution < 1.29 is 24.8 Å². The third-order valence-electron chi connectivity index (χ3n) is 4.44. The van der Waals surface area contributed by atoms with Crippen LogP contribution in [0.3, 0.4) is 0 Å². The van der Waals surface area contributed by atoms with Crippen LogP contribution >= 0.6 is 0 Å². The van der Waals surface area contributed by atoms with Crippen molar-refractivity contribution in [3.05, 3.63) is 65.2 Å². The fourth-order valence-corrected chi connectivity index (χ4v) is 2.67. The molecule has 3 amide bonds. The largest absolute Gasteiger partial charge is 0.351 e. The zero-order valence-electron chi connectivity index (χ0n) is 19.1. The molecule has 1 atom stereocenters. The number of hydrogen-bond donors (Lipinski definition) is 4. The van der Waals surface area contributed by atoms with E-state index in [4.69, 9.17) is 10.4 Å². The van der Waals surface area contributed by atoms with Crippen molar-refractivity contribution in [2.45, 2.75) is 6.92 Å². The maximum Gasteiger partial charge on any atom is 0.277 e. The first-order chi connectivity index (χ1) is 16.2. The first-order valence-electron chi connectivity index (χ1n) is 10.3. The number of rotatable bonds is 7. The second-order valence-electron chi connectivity index (χ2n) is 7.68. The molecule has 0 saturated carbocycles. The van der Waals surface area contributed by atoms with E-state index in [0.717, 1.165) is 5.56 Å². The summed E-state index contributed by atoms with van der Waals surface area (Å²) < 4.78 is 0. The molecule has 0 aliphatic heterocycles. The lowest BCUT2D eigenvalue weighted by atomic mass is 10.1. The summed E-state index contributed by atoms with van der Waals surface area (Å²) >= 11 is 0. The number of carbonyl (C=O) groups is 3. The molecule has 34 heavy (non-hydrogen) atoms. The van der Waals surface area contributed by atoms with E-state index in [1.165, 1.54) is 6.92 Å². The van der Waals surface area contributed by atoms with E-state index in [2.05, 4.69) is 34.3 Å². The highest BCUT2D eigenvalue weighted by atomic mass is 16.8. The first-order valence-corrected chi connectivity index (χ1v) is 10.3. The molecule has 1 unspecified atom stereocenters. The molecular formula is C25H26N4O5. The van der Waals surface area contributed by atoms with Crippen LogP contribution in [0.1, 0.15) is 28.4 Å². The number of carbonyl (C=O) groups excluding carboxylic acids is 3. The number of nitrogens with one attached hydrogen (secondary N) is 2. The third kappa shape index (κ3) is 8.77. The maximum atomic E-state index is 12.2. The predicted molar refractivity (Wildman–Crippen MR) is 126 cm³/mol. The van der Waals surface area contributed by atoms with E-state index < -0.39 is 23.0 Å². The molecule has 2 aromatic rings. The molecule has 0 aliphatic carbocycles. The van der Waals surface area contributed by atoms with Gasteiger partial charge in [-0.1, -0.05) is 24.0 Å². The highest BCUT2D eigenvalue weighted by Gasteiger charge is 2.18. The van der Waals surface area contributed by atoms with Crippen molar-refractivity contribution in [3.8, 4) is 23.7 Å². The van der Waals surface area contributed by atoms with Crippen LogP contribution in [0.25, 0.3) is 0 Å². The van der Waals surface area contributed by atoms with Crippen LogP contribution in [0.4, 0.5) is 5.69 Å². The van der Waals surface area contributed by atoms with Crippen molar-refractivity contribution in [2.75, 3.05) is 32.5 Å². The first kappa shape index (κ1) is 26.1. The van der Waals surface area contributed by atoms with Gasteiger partial charge in [0.2, 0.25) is 5.91 Å². The van der Waals surface area contributed by atoms with Gasteiger partial charge in [-0.2, -0.15) is 0 Å². The molecule has 4 N–H and O–H groups in total. The average Bonchev–Trinajstić information content (AvgIpc) is 2.80. The molecule has 176 valence electrons. The predicted octanol–water partition coefficient (Wildman–Crippen LogP) is 1.56. The summed E-state index contributed by atoms with van der Waals surface area (Å²) in [5.74, 6) is 9.13. The number of nitrogens with zero attached hydrogens (tertiary/aromatic N) is 2. The Morgan fingerprint density at radius 3 is 1.94 bits per heavy atom. The number of benzene rings is 2. The highest BCUT2D eigenvalue weighted by Crippen LogP contribution is 2.09. The number of likely N-dealkylation sites (N-methyl/N-ethyl adjacent to an activating group) is 1. The number of anilines is 1. The van der Waals surface area contributed by atoms with Gasteiger partial charge in [0.05, 0.1) is 12.5 Å². The van der Waals surface area contributed by atoms with Crippen LogP contribution in [0.2, 0.25) is 0 Å². The second-order valence-corrected chi connectivity index (χ2v) is 7.68. The molecule has 9 nitrogen and oxygen atoms in total. The minimum atomic E-state index is -0.922. The van der Waals surface area contributed by atoms with E-state index in [1.54, 1.807) is 53.4 Å². The van der Waals surface area contributed by atoms with E-state index in [9.17, 15) is 14.4 Å². The molecular weight excluding hydrogens is 436 g/mol. The van der Waals surface area contributed by atoms with E-state index in [0.29, 0.717) is 23.4 Å². The fraction of sp³-hybridized carbons (Fsp3) is 0.240. The average molecular weight is 463 g/mol. The fourth-order valence-electron chi connectivity index (χ4n) is 2.67. The lowest BCUT2D eigenvalue weighted by molar-refractivity contribution is -0.287. The molecule has 2 aromatic carbocycles. The van der Waals surface area contributed by atoms with E-state index in [1.807, 2.05) is 14.1 Å². The standard InChI is InChI=1S/C25H26N4O5/c1-18(25(32)29(33)34)16-26-24(31)21-12-8-19(9-13-21)6-4-5-7-20-10-14-22(15-11-20)27-23(30)17-28(2)3/h8-15,18,33-34H,16-17H2,1-3H3,(H,26,31)(H,27,30). The minimum absolute atomic E-state index is 0.0458. The number of hydrogen-bond acceptors (Lipinski definition) is 6. The second kappa shape index (κ2) is 12.8. The van der Waals surface area contributed by atoms with Gasteiger partial charge in [0.25, 0.3) is 11.8 Å². The molecule has 0 spiro atoms. The van der Waals surface area contributed by atoms with Gasteiger partial charge < -0.3 is 15.5 Å². The van der Waals surface area contributed by atoms with Gasteiger partial charge in [-0.3, -0.25) is 24.8 Å². The lowest BCUT2D eigenvalue weighted by Crippen LogP contribution is -2.37. The van der Waals surface area contributed by atoms with Crippen molar-refractivity contribution >= 4 is 23.4 Å². The topological polar surface area (TPSA) is 122 Å². The van der Waals surface area contributed by atoms with Crippen molar-refractivity contribution in [1.29, 1.82) is 0 Å². The van der Waals surface area contributed by atoms with Crippen molar-refractivity contribution in [2.24, 2.45) is 5.92 Å². The summed E-state index contributed by atoms with van der Waals surface area (Å²) in [6.07, 6.45) is 0. The summed E-state index contributed by atoms with van der Waals surface area (Å²) in [7, 11) is 3.65. The monoisotopic (exact) mass is 462 g/mol. The number of amides is 3. The molecule has 0 heterocycles. The summed E-state index contributed by atoms with van der Waals surface area (Å²) in [6.45, 7) is 1.72. The molecule has 0 fully saturated rings. The summed E-state index contributed by atoms with van der Waals surface area (Å²) in [5.41, 5.74) is 2.49. The van der Waals surface area contributed by atoms with Crippen LogP contribution in [0, 0.1) is 29.6 Å². The quantitative estimate of drug-likeness (QED) is 0.281.